The molecule has 0 radical (unpaired) electrons. The van der Waals surface area contributed by atoms with Crippen LogP contribution in [0.2, 0.25) is 0 Å². The zero-order chi connectivity index (χ0) is 20.0. The molecule has 0 aromatic rings. The Bertz CT molecular complexity index is 575. The van der Waals surface area contributed by atoms with Crippen molar-refractivity contribution in [2.45, 2.75) is 105 Å². The van der Waals surface area contributed by atoms with Gasteiger partial charge < -0.3 is 4.74 Å². The lowest BCUT2D eigenvalue weighted by Gasteiger charge is -2.53. The summed E-state index contributed by atoms with van der Waals surface area (Å²) in [6.07, 6.45) is 10.1. The zero-order valence-corrected chi connectivity index (χ0v) is 18.6. The maximum Gasteiger partial charge on any atom is 0.136 e. The molecule has 2 nitrogen and oxygen atoms in total. The van der Waals surface area contributed by atoms with Crippen molar-refractivity contribution in [1.29, 1.82) is 0 Å². The lowest BCUT2D eigenvalue weighted by molar-refractivity contribution is -0.127. The van der Waals surface area contributed by atoms with Gasteiger partial charge in [-0.15, -0.1) is 0 Å². The summed E-state index contributed by atoms with van der Waals surface area (Å²) in [5.74, 6) is 3.73. The molecule has 0 bridgehead atoms. The Hall–Kier alpha value is -0.630. The Balaban J connectivity index is 0.000000168. The lowest BCUT2D eigenvalue weighted by Crippen LogP contribution is -2.44. The van der Waals surface area contributed by atoms with Crippen LogP contribution in [0.25, 0.3) is 0 Å². The van der Waals surface area contributed by atoms with Crippen LogP contribution in [0.4, 0.5) is 0 Å². The van der Waals surface area contributed by atoms with Gasteiger partial charge >= 0.3 is 0 Å². The Morgan fingerprint density at radius 3 is 2.41 bits per heavy atom. The largest absolute Gasteiger partial charge is 0.366 e. The van der Waals surface area contributed by atoms with Crippen molar-refractivity contribution in [2.24, 2.45) is 35.0 Å². The van der Waals surface area contributed by atoms with Crippen LogP contribution in [0.3, 0.4) is 0 Å². The summed E-state index contributed by atoms with van der Waals surface area (Å²) >= 11 is 0. The molecule has 6 atom stereocenters. The number of carbonyl (C=O) groups is 1. The number of ether oxygens (including phenoxy) is 1. The molecule has 154 valence electrons. The van der Waals surface area contributed by atoms with E-state index in [-0.39, 0.29) is 5.60 Å². The number of carbonyl (C=O) groups excluding carboxylic acids is 1. The fourth-order valence-electron chi connectivity index (χ4n) is 6.01. The first kappa shape index (κ1) is 21.1. The van der Waals surface area contributed by atoms with Crippen LogP contribution in [0.15, 0.2) is 12.2 Å². The Morgan fingerprint density at radius 1 is 1.11 bits per heavy atom. The number of epoxide rings is 1. The predicted molar refractivity (Wildman–Crippen MR) is 113 cm³/mol. The second kappa shape index (κ2) is 7.65. The fraction of sp³-hybridized carbons (Fsp3) is 0.880. The molecular formula is C25H42O2. The average molecular weight is 375 g/mol. The van der Waals surface area contributed by atoms with Crippen molar-refractivity contribution < 1.29 is 9.53 Å². The minimum absolute atomic E-state index is 0.223. The summed E-state index contributed by atoms with van der Waals surface area (Å²) < 4.78 is 5.86. The first-order chi connectivity index (χ1) is 12.5. The third-order valence-corrected chi connectivity index (χ3v) is 8.21. The van der Waals surface area contributed by atoms with E-state index < -0.39 is 0 Å². The lowest BCUT2D eigenvalue weighted by atomic mass is 9.52. The van der Waals surface area contributed by atoms with E-state index in [1.807, 2.05) is 0 Å². The second-order valence-corrected chi connectivity index (χ2v) is 11.3. The molecule has 4 fully saturated rings. The number of hydrogen-bond donors (Lipinski definition) is 0. The van der Waals surface area contributed by atoms with Gasteiger partial charge in [-0.2, -0.15) is 0 Å². The predicted octanol–water partition coefficient (Wildman–Crippen LogP) is 6.58. The standard InChI is InChI=1S/C15H24O.C10H18O/c1-10-5-6-13-15(4,16-13)8-7-12-11(10)9-14(12,2)3;1-7(2)9-5-4-8(3)6-10(9)11/h11-13H,1,5-9H2,2-4H3;7-9H,4-6H2,1-3H3/t11-,12-,13-,15-;8-,9-/m11/s1. The normalized spacial score (nSPS) is 43.1. The molecule has 4 aliphatic rings. The number of fused-ring (bicyclic) bond motifs is 2. The van der Waals surface area contributed by atoms with Crippen LogP contribution in [-0.4, -0.2) is 17.5 Å². The number of Topliss-reactive ketones (excluding diaryl/α,β-unsaturated/α-hetero) is 1. The van der Waals surface area contributed by atoms with Crippen LogP contribution < -0.4 is 0 Å². The van der Waals surface area contributed by atoms with Gasteiger partial charge in [0.15, 0.2) is 0 Å². The summed E-state index contributed by atoms with van der Waals surface area (Å²) in [4.78, 5) is 11.4. The van der Waals surface area contributed by atoms with E-state index in [0.717, 1.165) is 24.7 Å². The average Bonchev–Trinajstić information content (AvgIpc) is 3.20. The van der Waals surface area contributed by atoms with Crippen LogP contribution >= 0.6 is 0 Å². The molecule has 27 heavy (non-hydrogen) atoms. The number of rotatable bonds is 1. The molecule has 0 unspecified atom stereocenters. The maximum atomic E-state index is 11.4. The molecule has 3 saturated carbocycles. The second-order valence-electron chi connectivity index (χ2n) is 11.3. The summed E-state index contributed by atoms with van der Waals surface area (Å²) in [6.45, 7) is 17.9. The van der Waals surface area contributed by atoms with Crippen molar-refractivity contribution in [1.82, 2.24) is 0 Å². The minimum atomic E-state index is 0.223. The Morgan fingerprint density at radius 2 is 1.81 bits per heavy atom. The van der Waals surface area contributed by atoms with Gasteiger partial charge in [0.25, 0.3) is 0 Å². The summed E-state index contributed by atoms with van der Waals surface area (Å²) in [5, 5.41) is 0. The molecule has 0 aromatic heterocycles. The van der Waals surface area contributed by atoms with Gasteiger partial charge in [-0.1, -0.05) is 46.8 Å². The van der Waals surface area contributed by atoms with E-state index in [1.165, 1.54) is 44.1 Å². The van der Waals surface area contributed by atoms with Crippen LogP contribution in [0.1, 0.15) is 92.9 Å². The molecule has 2 heteroatoms. The highest BCUT2D eigenvalue weighted by Gasteiger charge is 2.55. The third kappa shape index (κ3) is 4.52. The highest BCUT2D eigenvalue weighted by Crippen LogP contribution is 2.59. The smallest absolute Gasteiger partial charge is 0.136 e. The van der Waals surface area contributed by atoms with E-state index >= 15 is 0 Å². The van der Waals surface area contributed by atoms with Gasteiger partial charge in [0.2, 0.25) is 0 Å². The van der Waals surface area contributed by atoms with Gasteiger partial charge in [-0.05, 0) is 81.0 Å². The van der Waals surface area contributed by atoms with Gasteiger partial charge in [-0.25, -0.2) is 0 Å². The van der Waals surface area contributed by atoms with Gasteiger partial charge in [0.1, 0.15) is 5.78 Å². The monoisotopic (exact) mass is 374 g/mol. The van der Waals surface area contributed by atoms with Crippen molar-refractivity contribution in [3.8, 4) is 0 Å². The molecule has 0 spiro atoms. The number of allylic oxidation sites excluding steroid dienone is 1. The van der Waals surface area contributed by atoms with Crippen LogP contribution in [0, 0.1) is 35.0 Å². The SMILES string of the molecule is C=C1CC[C@H]2O[C@]2(C)CC[C@@H]2[C@@H]1CC2(C)C.CC(C)[C@H]1CC[C@@H](C)CC1=O. The highest BCUT2D eigenvalue weighted by atomic mass is 16.6. The Labute approximate surface area is 167 Å². The quantitative estimate of drug-likeness (QED) is 0.383. The van der Waals surface area contributed by atoms with Crippen molar-refractivity contribution >= 4 is 5.78 Å². The molecule has 3 aliphatic carbocycles. The molecule has 0 aromatic carbocycles. The molecule has 1 heterocycles. The first-order valence-corrected chi connectivity index (χ1v) is 11.4. The van der Waals surface area contributed by atoms with Gasteiger partial charge in [0.05, 0.1) is 11.7 Å². The first-order valence-electron chi connectivity index (χ1n) is 11.4. The van der Waals surface area contributed by atoms with E-state index in [0.29, 0.717) is 35.1 Å². The highest BCUT2D eigenvalue weighted by molar-refractivity contribution is 5.82. The van der Waals surface area contributed by atoms with E-state index in [2.05, 4.69) is 48.1 Å². The van der Waals surface area contributed by atoms with E-state index in [4.69, 9.17) is 4.74 Å². The number of ketones is 1. The van der Waals surface area contributed by atoms with Crippen molar-refractivity contribution in [3.05, 3.63) is 12.2 Å². The Kier molecular flexibility index (Phi) is 5.98. The minimum Gasteiger partial charge on any atom is -0.366 e. The zero-order valence-electron chi connectivity index (χ0n) is 18.6. The molecule has 0 amide bonds. The summed E-state index contributed by atoms with van der Waals surface area (Å²) in [6, 6.07) is 0. The maximum absolute atomic E-state index is 11.4. The van der Waals surface area contributed by atoms with Crippen LogP contribution in [-0.2, 0) is 9.53 Å². The van der Waals surface area contributed by atoms with Crippen molar-refractivity contribution in [2.75, 3.05) is 0 Å². The molecule has 4 rings (SSSR count). The van der Waals surface area contributed by atoms with Gasteiger partial charge in [-0.3, -0.25) is 4.79 Å². The van der Waals surface area contributed by atoms with Crippen LogP contribution in [0.5, 0.6) is 0 Å². The van der Waals surface area contributed by atoms with Gasteiger partial charge in [0, 0.05) is 12.3 Å². The molecular weight excluding hydrogens is 332 g/mol. The summed E-state index contributed by atoms with van der Waals surface area (Å²) in [7, 11) is 0. The molecule has 0 N–H and O–H groups in total. The van der Waals surface area contributed by atoms with Crippen molar-refractivity contribution in [3.63, 3.8) is 0 Å². The molecule has 1 aliphatic heterocycles. The topological polar surface area (TPSA) is 29.6 Å². The number of hydrogen-bond acceptors (Lipinski definition) is 2. The van der Waals surface area contributed by atoms with E-state index in [9.17, 15) is 4.79 Å². The fourth-order valence-corrected chi connectivity index (χ4v) is 6.01. The van der Waals surface area contributed by atoms with E-state index in [1.54, 1.807) is 0 Å². The summed E-state index contributed by atoms with van der Waals surface area (Å²) in [5.41, 5.74) is 2.27. The third-order valence-electron chi connectivity index (χ3n) is 8.21. The molecule has 1 saturated heterocycles.